The summed E-state index contributed by atoms with van der Waals surface area (Å²) in [5, 5.41) is 5.25. The van der Waals surface area contributed by atoms with Crippen LogP contribution in [0.2, 0.25) is 0 Å². The van der Waals surface area contributed by atoms with Crippen molar-refractivity contribution >= 4 is 39.3 Å². The average molecular weight is 471 g/mol. The first-order chi connectivity index (χ1) is 15.8. The average Bonchev–Trinajstić information content (AvgIpc) is 3.40. The van der Waals surface area contributed by atoms with Crippen molar-refractivity contribution in [1.82, 2.24) is 10.2 Å². The van der Waals surface area contributed by atoms with Gasteiger partial charge < -0.3 is 20.3 Å². The van der Waals surface area contributed by atoms with Crippen molar-refractivity contribution in [2.45, 2.75) is 23.8 Å². The number of nitrogens with one attached hydrogen (secondary N) is 2. The molecule has 0 aliphatic carbocycles. The van der Waals surface area contributed by atoms with Gasteiger partial charge in [-0.25, -0.2) is 0 Å². The molecular weight excluding hydrogens is 448 g/mol. The molecule has 2 aliphatic heterocycles. The van der Waals surface area contributed by atoms with E-state index in [0.717, 1.165) is 6.42 Å². The number of esters is 1. The van der Waals surface area contributed by atoms with Gasteiger partial charge in [-0.2, -0.15) is 8.42 Å². The Labute approximate surface area is 190 Å². The highest BCUT2D eigenvalue weighted by molar-refractivity contribution is 7.90. The largest absolute Gasteiger partial charge is 0.468 e. The first kappa shape index (κ1) is 22.5. The number of fused-ring (bicyclic) bond motifs is 1. The van der Waals surface area contributed by atoms with E-state index in [9.17, 15) is 22.8 Å². The fourth-order valence-electron chi connectivity index (χ4n) is 3.85. The number of methoxy groups -OCH3 is 1. The van der Waals surface area contributed by atoms with Crippen LogP contribution in [0, 0.1) is 0 Å². The minimum atomic E-state index is -3.78. The molecule has 172 valence electrons. The molecule has 0 spiro atoms. The number of amides is 2. The van der Waals surface area contributed by atoms with Crippen molar-refractivity contribution in [1.29, 1.82) is 0 Å². The van der Waals surface area contributed by atoms with Gasteiger partial charge in [-0.1, -0.05) is 12.1 Å². The Morgan fingerprint density at radius 3 is 2.58 bits per heavy atom. The normalized spacial score (nSPS) is 18.3. The third kappa shape index (κ3) is 4.58. The van der Waals surface area contributed by atoms with Crippen molar-refractivity contribution in [2.75, 3.05) is 25.5 Å². The number of rotatable bonds is 5. The van der Waals surface area contributed by atoms with E-state index in [0.29, 0.717) is 35.6 Å². The van der Waals surface area contributed by atoms with E-state index in [1.807, 2.05) is 0 Å². The van der Waals surface area contributed by atoms with Gasteiger partial charge in [-0.15, -0.1) is 4.40 Å². The molecule has 11 heteroatoms. The lowest BCUT2D eigenvalue weighted by Gasteiger charge is -2.25. The lowest BCUT2D eigenvalue weighted by Crippen LogP contribution is -2.43. The summed E-state index contributed by atoms with van der Waals surface area (Å²) in [6, 6.07) is 12.2. The summed E-state index contributed by atoms with van der Waals surface area (Å²) < 4.78 is 33.2. The number of benzene rings is 2. The molecule has 0 saturated carbocycles. The second-order valence-corrected chi connectivity index (χ2v) is 9.14. The molecule has 1 fully saturated rings. The van der Waals surface area contributed by atoms with Gasteiger partial charge in [0.05, 0.1) is 7.11 Å². The molecule has 2 aromatic rings. The smallest absolute Gasteiger partial charge is 0.325 e. The van der Waals surface area contributed by atoms with Crippen LogP contribution in [0.3, 0.4) is 0 Å². The number of sulfonamides is 1. The molecule has 1 saturated heterocycles. The van der Waals surface area contributed by atoms with Crippen LogP contribution in [0.4, 0.5) is 5.69 Å². The molecule has 0 aromatic heterocycles. The highest BCUT2D eigenvalue weighted by atomic mass is 32.2. The van der Waals surface area contributed by atoms with Crippen LogP contribution in [-0.2, 0) is 24.3 Å². The molecule has 2 aromatic carbocycles. The van der Waals surface area contributed by atoms with Crippen LogP contribution in [0.15, 0.2) is 57.8 Å². The third-order valence-corrected chi connectivity index (χ3v) is 6.80. The van der Waals surface area contributed by atoms with Crippen molar-refractivity contribution in [3.05, 3.63) is 59.7 Å². The highest BCUT2D eigenvalue weighted by Gasteiger charge is 2.39. The topological polar surface area (TPSA) is 134 Å². The maximum Gasteiger partial charge on any atom is 0.325 e. The van der Waals surface area contributed by atoms with E-state index in [1.165, 1.54) is 25.3 Å². The Hall–Kier alpha value is -3.73. The van der Waals surface area contributed by atoms with Crippen molar-refractivity contribution in [3.63, 3.8) is 0 Å². The molecule has 2 amide bonds. The van der Waals surface area contributed by atoms with Crippen molar-refractivity contribution in [2.24, 2.45) is 4.40 Å². The van der Waals surface area contributed by atoms with Crippen LogP contribution in [-0.4, -0.2) is 63.2 Å². The van der Waals surface area contributed by atoms with Gasteiger partial charge in [0.2, 0.25) is 5.91 Å². The molecule has 1 atom stereocenters. The number of amidine groups is 1. The Bertz CT molecular complexity index is 1240. The first-order valence-corrected chi connectivity index (χ1v) is 11.7. The molecular formula is C22H22N4O6S. The van der Waals surface area contributed by atoms with E-state index >= 15 is 0 Å². The second-order valence-electron chi connectivity index (χ2n) is 7.56. The quantitative estimate of drug-likeness (QED) is 0.626. The summed E-state index contributed by atoms with van der Waals surface area (Å²) in [6.45, 7) is 0.272. The number of carbonyl (C=O) groups is 3. The van der Waals surface area contributed by atoms with Gasteiger partial charge in [-0.05, 0) is 49.2 Å². The lowest BCUT2D eigenvalue weighted by molar-refractivity contribution is -0.139. The minimum absolute atomic E-state index is 0.145. The SMILES string of the molecule is COC(=O)CNC(=O)c1ccc(NC(=O)[C@@H]2CCCN2C2=NS(=O)(=O)c3ccccc32)cc1. The predicted molar refractivity (Wildman–Crippen MR) is 119 cm³/mol. The Morgan fingerprint density at radius 1 is 1.12 bits per heavy atom. The van der Waals surface area contributed by atoms with E-state index in [1.54, 1.807) is 35.2 Å². The first-order valence-electron chi connectivity index (χ1n) is 10.3. The summed E-state index contributed by atoms with van der Waals surface area (Å²) in [6.07, 6.45) is 1.28. The molecule has 0 radical (unpaired) electrons. The zero-order valence-corrected chi connectivity index (χ0v) is 18.6. The fourth-order valence-corrected chi connectivity index (χ4v) is 5.06. The van der Waals surface area contributed by atoms with E-state index < -0.39 is 27.9 Å². The zero-order valence-electron chi connectivity index (χ0n) is 17.8. The number of carbonyl (C=O) groups excluding carboxylic acids is 3. The number of hydrogen-bond donors (Lipinski definition) is 2. The van der Waals surface area contributed by atoms with Crippen LogP contribution in [0.25, 0.3) is 0 Å². The van der Waals surface area contributed by atoms with E-state index in [2.05, 4.69) is 19.8 Å². The lowest BCUT2D eigenvalue weighted by atomic mass is 10.1. The van der Waals surface area contributed by atoms with Crippen LogP contribution in [0.1, 0.15) is 28.8 Å². The number of nitrogens with zero attached hydrogens (tertiary/aromatic N) is 2. The molecule has 2 N–H and O–H groups in total. The Morgan fingerprint density at radius 2 is 1.85 bits per heavy atom. The summed E-state index contributed by atoms with van der Waals surface area (Å²) in [4.78, 5) is 38.1. The summed E-state index contributed by atoms with van der Waals surface area (Å²) in [7, 11) is -2.55. The maximum absolute atomic E-state index is 13.0. The summed E-state index contributed by atoms with van der Waals surface area (Å²) >= 11 is 0. The van der Waals surface area contributed by atoms with Crippen molar-refractivity contribution < 1.29 is 27.5 Å². The molecule has 0 bridgehead atoms. The minimum Gasteiger partial charge on any atom is -0.468 e. The number of ether oxygens (including phenoxy) is 1. The highest BCUT2D eigenvalue weighted by Crippen LogP contribution is 2.31. The summed E-state index contributed by atoms with van der Waals surface area (Å²) in [5.74, 6) is -1.00. The number of likely N-dealkylation sites (tertiary alicyclic amines) is 1. The van der Waals surface area contributed by atoms with Gasteiger partial charge >= 0.3 is 5.97 Å². The Kier molecular flexibility index (Phi) is 6.14. The van der Waals surface area contributed by atoms with Crippen LogP contribution in [0.5, 0.6) is 0 Å². The molecule has 4 rings (SSSR count). The van der Waals surface area contributed by atoms with E-state index in [-0.39, 0.29) is 17.3 Å². The van der Waals surface area contributed by atoms with Crippen LogP contribution >= 0.6 is 0 Å². The number of anilines is 1. The Balaban J connectivity index is 1.45. The second kappa shape index (κ2) is 9.02. The van der Waals surface area contributed by atoms with E-state index in [4.69, 9.17) is 0 Å². The third-order valence-electron chi connectivity index (χ3n) is 5.48. The number of hydrogen-bond acceptors (Lipinski definition) is 7. The molecule has 0 unspecified atom stereocenters. The van der Waals surface area contributed by atoms with Gasteiger partial charge in [-0.3, -0.25) is 14.4 Å². The van der Waals surface area contributed by atoms with Crippen LogP contribution < -0.4 is 10.6 Å². The van der Waals surface area contributed by atoms with Gasteiger partial charge in [0, 0.05) is 23.4 Å². The molecule has 33 heavy (non-hydrogen) atoms. The maximum atomic E-state index is 13.0. The van der Waals surface area contributed by atoms with Gasteiger partial charge in [0.25, 0.3) is 15.9 Å². The fraction of sp³-hybridized carbons (Fsp3) is 0.273. The van der Waals surface area contributed by atoms with Gasteiger partial charge in [0.1, 0.15) is 17.5 Å². The monoisotopic (exact) mass is 470 g/mol. The van der Waals surface area contributed by atoms with Gasteiger partial charge in [0.15, 0.2) is 5.84 Å². The summed E-state index contributed by atoms with van der Waals surface area (Å²) in [5.41, 5.74) is 1.30. The molecule has 10 nitrogen and oxygen atoms in total. The zero-order chi connectivity index (χ0) is 23.6. The molecule has 2 aliphatic rings. The predicted octanol–water partition coefficient (Wildman–Crippen LogP) is 1.14. The standard InChI is InChI=1S/C22H22N4O6S/c1-32-19(27)13-23-21(28)14-8-10-15(11-9-14)24-22(29)17-6-4-12-26(17)20-16-5-2-3-7-18(16)33(30,31)25-20/h2-3,5,7-11,17H,4,6,12-13H2,1H3,(H,23,28)(H,24,29)/t17-/m0/s1. The van der Waals surface area contributed by atoms with Crippen molar-refractivity contribution in [3.8, 4) is 0 Å². The molecule has 2 heterocycles.